The molecule has 1 aliphatic heterocycles. The number of nitrogens with two attached hydrogens (primary N) is 1. The zero-order valence-corrected chi connectivity index (χ0v) is 12.0. The standard InChI is InChI=1S/C13H17NO5S/c1-9-4-5-11(20(14,16)17)7-12(9)13(15)19-8-10-3-2-6-18-10/h4-5,7,10H,2-3,6,8H2,1H3,(H2,14,16,17). The van der Waals surface area contributed by atoms with Crippen LogP contribution < -0.4 is 5.14 Å². The summed E-state index contributed by atoms with van der Waals surface area (Å²) in [4.78, 5) is 11.9. The van der Waals surface area contributed by atoms with Crippen molar-refractivity contribution in [2.45, 2.75) is 30.8 Å². The summed E-state index contributed by atoms with van der Waals surface area (Å²) in [6, 6.07) is 4.13. The molecule has 0 saturated carbocycles. The zero-order chi connectivity index (χ0) is 14.8. The molecule has 0 amide bonds. The van der Waals surface area contributed by atoms with Gasteiger partial charge in [0.2, 0.25) is 10.0 Å². The first-order chi connectivity index (χ1) is 9.38. The molecule has 1 heterocycles. The molecule has 0 radical (unpaired) electrons. The molecule has 2 N–H and O–H groups in total. The Bertz CT molecular complexity index is 605. The number of hydrogen-bond acceptors (Lipinski definition) is 5. The van der Waals surface area contributed by atoms with Gasteiger partial charge in [-0.1, -0.05) is 6.07 Å². The number of aryl methyl sites for hydroxylation is 1. The van der Waals surface area contributed by atoms with Gasteiger partial charge in [0.15, 0.2) is 0 Å². The minimum absolute atomic E-state index is 0.0688. The third-order valence-corrected chi connectivity index (χ3v) is 4.09. The predicted octanol–water partition coefficient (Wildman–Crippen LogP) is 0.978. The second-order valence-corrected chi connectivity index (χ2v) is 6.32. The van der Waals surface area contributed by atoms with Gasteiger partial charge in [-0.15, -0.1) is 0 Å². The van der Waals surface area contributed by atoms with Crippen molar-refractivity contribution in [1.82, 2.24) is 0 Å². The number of carbonyl (C=O) groups is 1. The van der Waals surface area contributed by atoms with Gasteiger partial charge in [0, 0.05) is 6.61 Å². The quantitative estimate of drug-likeness (QED) is 0.836. The lowest BCUT2D eigenvalue weighted by molar-refractivity contribution is 0.0160. The molecule has 0 spiro atoms. The Kier molecular flexibility index (Phi) is 4.42. The van der Waals surface area contributed by atoms with Crippen LogP contribution in [0.4, 0.5) is 0 Å². The van der Waals surface area contributed by atoms with Gasteiger partial charge in [0.05, 0.1) is 16.6 Å². The van der Waals surface area contributed by atoms with Crippen LogP contribution in [0.3, 0.4) is 0 Å². The number of hydrogen-bond donors (Lipinski definition) is 1. The maximum Gasteiger partial charge on any atom is 0.338 e. The highest BCUT2D eigenvalue weighted by molar-refractivity contribution is 7.89. The smallest absolute Gasteiger partial charge is 0.338 e. The first-order valence-electron chi connectivity index (χ1n) is 6.30. The van der Waals surface area contributed by atoms with E-state index in [0.717, 1.165) is 12.8 Å². The second kappa shape index (κ2) is 5.90. The fourth-order valence-electron chi connectivity index (χ4n) is 2.02. The lowest BCUT2D eigenvalue weighted by atomic mass is 10.1. The van der Waals surface area contributed by atoms with Crippen molar-refractivity contribution in [2.75, 3.05) is 13.2 Å². The van der Waals surface area contributed by atoms with Crippen LogP contribution in [0, 0.1) is 6.92 Å². The van der Waals surface area contributed by atoms with Gasteiger partial charge in [-0.25, -0.2) is 18.4 Å². The number of primary sulfonamides is 1. The molecule has 0 aromatic heterocycles. The van der Waals surface area contributed by atoms with E-state index in [0.29, 0.717) is 12.2 Å². The number of esters is 1. The Labute approximate surface area is 117 Å². The van der Waals surface area contributed by atoms with E-state index in [1.807, 2.05) is 0 Å². The van der Waals surface area contributed by atoms with Gasteiger partial charge < -0.3 is 9.47 Å². The number of sulfonamides is 1. The third-order valence-electron chi connectivity index (χ3n) is 3.18. The molecular weight excluding hydrogens is 282 g/mol. The lowest BCUT2D eigenvalue weighted by Crippen LogP contribution is -2.19. The monoisotopic (exact) mass is 299 g/mol. The number of rotatable bonds is 4. The Balaban J connectivity index is 2.12. The van der Waals surface area contributed by atoms with E-state index in [1.165, 1.54) is 18.2 Å². The minimum atomic E-state index is -3.84. The topological polar surface area (TPSA) is 95.7 Å². The molecule has 1 aromatic carbocycles. The van der Waals surface area contributed by atoms with Gasteiger partial charge in [-0.3, -0.25) is 0 Å². The van der Waals surface area contributed by atoms with E-state index in [2.05, 4.69) is 0 Å². The molecule has 1 saturated heterocycles. The first-order valence-corrected chi connectivity index (χ1v) is 7.85. The Morgan fingerprint density at radius 2 is 2.25 bits per heavy atom. The summed E-state index contributed by atoms with van der Waals surface area (Å²) in [6.45, 7) is 2.57. The van der Waals surface area contributed by atoms with E-state index >= 15 is 0 Å². The van der Waals surface area contributed by atoms with Gasteiger partial charge in [0.1, 0.15) is 6.61 Å². The molecule has 20 heavy (non-hydrogen) atoms. The maximum atomic E-state index is 12.0. The van der Waals surface area contributed by atoms with Gasteiger partial charge in [-0.2, -0.15) is 0 Å². The van der Waals surface area contributed by atoms with Crippen molar-refractivity contribution in [3.63, 3.8) is 0 Å². The predicted molar refractivity (Wildman–Crippen MR) is 71.8 cm³/mol. The van der Waals surface area contributed by atoms with Gasteiger partial charge in [0.25, 0.3) is 0 Å². The van der Waals surface area contributed by atoms with E-state index in [4.69, 9.17) is 14.6 Å². The van der Waals surface area contributed by atoms with Gasteiger partial charge in [-0.05, 0) is 37.5 Å². The fraction of sp³-hybridized carbons (Fsp3) is 0.462. The average Bonchev–Trinajstić information content (AvgIpc) is 2.88. The maximum absolute atomic E-state index is 12.0. The zero-order valence-electron chi connectivity index (χ0n) is 11.2. The summed E-state index contributed by atoms with van der Waals surface area (Å²) >= 11 is 0. The van der Waals surface area contributed by atoms with Crippen LogP contribution in [0.1, 0.15) is 28.8 Å². The highest BCUT2D eigenvalue weighted by Crippen LogP contribution is 2.17. The minimum Gasteiger partial charge on any atom is -0.459 e. The van der Waals surface area contributed by atoms with E-state index in [9.17, 15) is 13.2 Å². The van der Waals surface area contributed by atoms with Crippen molar-refractivity contribution in [3.05, 3.63) is 29.3 Å². The summed E-state index contributed by atoms with van der Waals surface area (Å²) in [5, 5.41) is 5.05. The highest BCUT2D eigenvalue weighted by atomic mass is 32.2. The Morgan fingerprint density at radius 3 is 2.85 bits per heavy atom. The van der Waals surface area contributed by atoms with Crippen molar-refractivity contribution in [3.8, 4) is 0 Å². The van der Waals surface area contributed by atoms with Crippen LogP contribution >= 0.6 is 0 Å². The molecule has 1 aromatic rings. The van der Waals surface area contributed by atoms with Crippen LogP contribution in [-0.4, -0.2) is 33.7 Å². The molecule has 1 aliphatic rings. The molecule has 7 heteroatoms. The van der Waals surface area contributed by atoms with Crippen molar-refractivity contribution in [2.24, 2.45) is 5.14 Å². The van der Waals surface area contributed by atoms with Crippen molar-refractivity contribution in [1.29, 1.82) is 0 Å². The summed E-state index contributed by atoms with van der Waals surface area (Å²) in [6.07, 6.45) is 1.76. The summed E-state index contributed by atoms with van der Waals surface area (Å²) in [5.74, 6) is -0.566. The summed E-state index contributed by atoms with van der Waals surface area (Å²) < 4.78 is 33.1. The molecule has 0 aliphatic carbocycles. The van der Waals surface area contributed by atoms with Crippen LogP contribution in [0.5, 0.6) is 0 Å². The van der Waals surface area contributed by atoms with Crippen molar-refractivity contribution < 1.29 is 22.7 Å². The van der Waals surface area contributed by atoms with Crippen LogP contribution in [0.2, 0.25) is 0 Å². The first kappa shape index (κ1) is 15.0. The van der Waals surface area contributed by atoms with Crippen LogP contribution in [0.25, 0.3) is 0 Å². The fourth-order valence-corrected chi connectivity index (χ4v) is 2.56. The molecule has 1 unspecified atom stereocenters. The molecular formula is C13H17NO5S. The van der Waals surface area contributed by atoms with Crippen LogP contribution in [-0.2, 0) is 19.5 Å². The van der Waals surface area contributed by atoms with Gasteiger partial charge >= 0.3 is 5.97 Å². The van der Waals surface area contributed by atoms with Crippen LogP contribution in [0.15, 0.2) is 23.1 Å². The number of ether oxygens (including phenoxy) is 2. The molecule has 1 fully saturated rings. The lowest BCUT2D eigenvalue weighted by Gasteiger charge is -2.12. The molecule has 110 valence electrons. The molecule has 1 atom stereocenters. The normalized spacial score (nSPS) is 19.0. The largest absolute Gasteiger partial charge is 0.459 e. The SMILES string of the molecule is Cc1ccc(S(N)(=O)=O)cc1C(=O)OCC1CCCO1. The second-order valence-electron chi connectivity index (χ2n) is 4.76. The van der Waals surface area contributed by atoms with E-state index in [1.54, 1.807) is 6.92 Å². The van der Waals surface area contributed by atoms with Crippen molar-refractivity contribution >= 4 is 16.0 Å². The number of benzene rings is 1. The average molecular weight is 299 g/mol. The molecule has 6 nitrogen and oxygen atoms in total. The van der Waals surface area contributed by atoms with E-state index < -0.39 is 16.0 Å². The number of carbonyl (C=O) groups excluding carboxylic acids is 1. The Morgan fingerprint density at radius 1 is 1.50 bits per heavy atom. The molecule has 2 rings (SSSR count). The highest BCUT2D eigenvalue weighted by Gasteiger charge is 2.20. The summed E-state index contributed by atoms with van der Waals surface area (Å²) in [7, 11) is -3.84. The molecule has 0 bridgehead atoms. The summed E-state index contributed by atoms with van der Waals surface area (Å²) in [5.41, 5.74) is 0.837. The Hall–Kier alpha value is -1.44. The third kappa shape index (κ3) is 3.56. The van der Waals surface area contributed by atoms with E-state index in [-0.39, 0.29) is 23.2 Å².